The Morgan fingerprint density at radius 3 is 2.92 bits per heavy atom. The first-order chi connectivity index (χ1) is 12.6. The summed E-state index contributed by atoms with van der Waals surface area (Å²) in [4.78, 5) is 11.2. The van der Waals surface area contributed by atoms with Crippen molar-refractivity contribution in [2.24, 2.45) is 0 Å². The number of thioether (sulfide) groups is 1. The maximum Gasteiger partial charge on any atom is 0.221 e. The lowest BCUT2D eigenvalue weighted by Crippen LogP contribution is -2.07. The third kappa shape index (κ3) is 5.06. The van der Waals surface area contributed by atoms with Crippen molar-refractivity contribution in [3.05, 3.63) is 53.0 Å². The molecule has 0 fully saturated rings. The van der Waals surface area contributed by atoms with Crippen LogP contribution in [0.25, 0.3) is 5.69 Å². The van der Waals surface area contributed by atoms with Gasteiger partial charge >= 0.3 is 0 Å². The zero-order valence-corrected chi connectivity index (χ0v) is 16.3. The summed E-state index contributed by atoms with van der Waals surface area (Å²) in [6.07, 6.45) is 0. The molecule has 0 radical (unpaired) electrons. The van der Waals surface area contributed by atoms with E-state index in [1.54, 1.807) is 4.68 Å². The van der Waals surface area contributed by atoms with Crippen molar-refractivity contribution >= 4 is 39.3 Å². The molecule has 9 heteroatoms. The fraction of sp³-hybridized carbons (Fsp3) is 0.176. The van der Waals surface area contributed by atoms with Gasteiger partial charge in [-0.15, -0.1) is 5.10 Å². The van der Waals surface area contributed by atoms with Crippen molar-refractivity contribution in [2.45, 2.75) is 12.1 Å². The summed E-state index contributed by atoms with van der Waals surface area (Å²) in [7, 11) is 0. The summed E-state index contributed by atoms with van der Waals surface area (Å²) < 4.78 is 8.33. The lowest BCUT2D eigenvalue weighted by molar-refractivity contribution is -0.114. The zero-order valence-electron chi connectivity index (χ0n) is 13.9. The summed E-state index contributed by atoms with van der Waals surface area (Å²) in [6, 6.07) is 15.1. The van der Waals surface area contributed by atoms with Crippen molar-refractivity contribution < 1.29 is 9.53 Å². The van der Waals surface area contributed by atoms with Gasteiger partial charge in [-0.3, -0.25) is 4.79 Å². The van der Waals surface area contributed by atoms with Crippen LogP contribution in [-0.2, 0) is 4.79 Å². The largest absolute Gasteiger partial charge is 0.493 e. The van der Waals surface area contributed by atoms with Gasteiger partial charge in [0.2, 0.25) is 11.1 Å². The fourth-order valence-corrected chi connectivity index (χ4v) is 3.28. The minimum atomic E-state index is -0.127. The van der Waals surface area contributed by atoms with Crippen LogP contribution in [0.1, 0.15) is 6.92 Å². The summed E-state index contributed by atoms with van der Waals surface area (Å²) in [6.45, 7) is 2.00. The Hall–Kier alpha value is -2.39. The van der Waals surface area contributed by atoms with E-state index in [-0.39, 0.29) is 5.91 Å². The third-order valence-corrected chi connectivity index (χ3v) is 4.61. The number of halogens is 1. The molecule has 0 atom stereocenters. The maximum atomic E-state index is 11.2. The first-order valence-corrected chi connectivity index (χ1v) is 9.57. The minimum Gasteiger partial charge on any atom is -0.493 e. The van der Waals surface area contributed by atoms with E-state index in [9.17, 15) is 4.79 Å². The maximum absolute atomic E-state index is 11.2. The molecule has 0 aliphatic carbocycles. The van der Waals surface area contributed by atoms with Crippen LogP contribution in [0.15, 0.2) is 58.2 Å². The number of aromatic nitrogens is 4. The van der Waals surface area contributed by atoms with Gasteiger partial charge in [-0.05, 0) is 46.8 Å². The minimum absolute atomic E-state index is 0.127. The van der Waals surface area contributed by atoms with Crippen LogP contribution >= 0.6 is 27.7 Å². The van der Waals surface area contributed by atoms with E-state index in [1.165, 1.54) is 18.7 Å². The molecule has 26 heavy (non-hydrogen) atoms. The first kappa shape index (κ1) is 18.4. The molecule has 1 N–H and O–H groups in total. The third-order valence-electron chi connectivity index (χ3n) is 3.23. The second-order valence-corrected chi connectivity index (χ2v) is 7.24. The Morgan fingerprint density at radius 2 is 2.12 bits per heavy atom. The Labute approximate surface area is 163 Å². The average molecular weight is 434 g/mol. The van der Waals surface area contributed by atoms with Crippen LogP contribution < -0.4 is 10.1 Å². The molecule has 3 rings (SSSR count). The Balaban J connectivity index is 1.61. The van der Waals surface area contributed by atoms with E-state index in [4.69, 9.17) is 4.74 Å². The zero-order chi connectivity index (χ0) is 18.4. The molecule has 1 heterocycles. The molecule has 0 saturated carbocycles. The molecule has 0 unspecified atom stereocenters. The van der Waals surface area contributed by atoms with Crippen molar-refractivity contribution in [2.75, 3.05) is 17.7 Å². The van der Waals surface area contributed by atoms with E-state index in [0.29, 0.717) is 23.2 Å². The van der Waals surface area contributed by atoms with Gasteiger partial charge < -0.3 is 10.1 Å². The normalized spacial score (nSPS) is 10.5. The van der Waals surface area contributed by atoms with Crippen LogP contribution in [0.5, 0.6) is 5.75 Å². The highest BCUT2D eigenvalue weighted by molar-refractivity contribution is 9.10. The highest BCUT2D eigenvalue weighted by atomic mass is 79.9. The summed E-state index contributed by atoms with van der Waals surface area (Å²) in [5.41, 5.74) is 1.47. The van der Waals surface area contributed by atoms with Gasteiger partial charge in [0.25, 0.3) is 0 Å². The van der Waals surface area contributed by atoms with Crippen molar-refractivity contribution in [3.63, 3.8) is 0 Å². The van der Waals surface area contributed by atoms with Gasteiger partial charge in [0, 0.05) is 22.8 Å². The smallest absolute Gasteiger partial charge is 0.221 e. The molecule has 0 aliphatic rings. The molecular formula is C17H16BrN5O2S. The van der Waals surface area contributed by atoms with Gasteiger partial charge in [-0.25, -0.2) is 0 Å². The van der Waals surface area contributed by atoms with Crippen LogP contribution in [0, 0.1) is 0 Å². The van der Waals surface area contributed by atoms with Crippen LogP contribution in [-0.4, -0.2) is 38.5 Å². The number of ether oxygens (including phenoxy) is 1. The van der Waals surface area contributed by atoms with Gasteiger partial charge in [-0.1, -0.05) is 39.8 Å². The standard InChI is InChI=1S/C17H16BrN5O2S/c1-12(24)19-14-5-3-6-15(11-14)23-17(20-21-22-23)26-9-8-25-16-7-2-4-13(18)10-16/h2-7,10-11H,8-9H2,1H3,(H,19,24). The molecule has 7 nitrogen and oxygen atoms in total. The highest BCUT2D eigenvalue weighted by Crippen LogP contribution is 2.21. The Kier molecular flexibility index (Phi) is 6.24. The lowest BCUT2D eigenvalue weighted by atomic mass is 10.3. The number of amides is 1. The molecule has 0 saturated heterocycles. The predicted octanol–water partition coefficient (Wildman–Crippen LogP) is 3.55. The molecule has 0 aliphatic heterocycles. The number of hydrogen-bond donors (Lipinski definition) is 1. The monoisotopic (exact) mass is 433 g/mol. The van der Waals surface area contributed by atoms with Gasteiger partial charge in [0.05, 0.1) is 12.3 Å². The van der Waals surface area contributed by atoms with Gasteiger partial charge in [0.1, 0.15) is 5.75 Å². The number of nitrogens with zero attached hydrogens (tertiary/aromatic N) is 4. The molecule has 3 aromatic rings. The molecule has 1 amide bonds. The van der Waals surface area contributed by atoms with E-state index in [1.807, 2.05) is 48.5 Å². The SMILES string of the molecule is CC(=O)Nc1cccc(-n2nnnc2SCCOc2cccc(Br)c2)c1. The number of carbonyl (C=O) groups excluding carboxylic acids is 1. The number of carbonyl (C=O) groups is 1. The average Bonchev–Trinajstić information content (AvgIpc) is 3.07. The van der Waals surface area contributed by atoms with Crippen molar-refractivity contribution in [1.82, 2.24) is 20.2 Å². The van der Waals surface area contributed by atoms with Crippen LogP contribution in [0.4, 0.5) is 5.69 Å². The predicted molar refractivity (Wildman–Crippen MR) is 104 cm³/mol. The molecule has 0 bridgehead atoms. The number of rotatable bonds is 7. The van der Waals surface area contributed by atoms with E-state index in [2.05, 4.69) is 36.8 Å². The van der Waals surface area contributed by atoms with Crippen molar-refractivity contribution in [1.29, 1.82) is 0 Å². The quantitative estimate of drug-likeness (QED) is 0.453. The summed E-state index contributed by atoms with van der Waals surface area (Å²) in [5, 5.41) is 15.2. The van der Waals surface area contributed by atoms with Crippen LogP contribution in [0.2, 0.25) is 0 Å². The number of hydrogen-bond acceptors (Lipinski definition) is 6. The Bertz CT molecular complexity index is 902. The van der Waals surface area contributed by atoms with Gasteiger partial charge in [-0.2, -0.15) is 4.68 Å². The Morgan fingerprint density at radius 1 is 1.27 bits per heavy atom. The molecule has 1 aromatic heterocycles. The number of benzene rings is 2. The van der Waals surface area contributed by atoms with E-state index >= 15 is 0 Å². The summed E-state index contributed by atoms with van der Waals surface area (Å²) in [5.74, 6) is 1.37. The lowest BCUT2D eigenvalue weighted by Gasteiger charge is -2.08. The molecular weight excluding hydrogens is 418 g/mol. The topological polar surface area (TPSA) is 81.9 Å². The van der Waals surface area contributed by atoms with Crippen molar-refractivity contribution in [3.8, 4) is 11.4 Å². The number of tetrazole rings is 1. The second-order valence-electron chi connectivity index (χ2n) is 5.26. The van der Waals surface area contributed by atoms with E-state index < -0.39 is 0 Å². The second kappa shape index (κ2) is 8.81. The number of anilines is 1. The molecule has 2 aromatic carbocycles. The number of nitrogens with one attached hydrogen (secondary N) is 1. The fourth-order valence-electron chi connectivity index (χ4n) is 2.20. The molecule has 134 valence electrons. The van der Waals surface area contributed by atoms with Crippen LogP contribution in [0.3, 0.4) is 0 Å². The molecule has 0 spiro atoms. The highest BCUT2D eigenvalue weighted by Gasteiger charge is 2.10. The van der Waals surface area contributed by atoms with Gasteiger partial charge in [0.15, 0.2) is 0 Å². The van der Waals surface area contributed by atoms with E-state index in [0.717, 1.165) is 15.9 Å². The summed E-state index contributed by atoms with van der Waals surface area (Å²) >= 11 is 4.91. The first-order valence-electron chi connectivity index (χ1n) is 7.79.